The van der Waals surface area contributed by atoms with Crippen LogP contribution in [0.3, 0.4) is 0 Å². The zero-order valence-corrected chi connectivity index (χ0v) is 17.9. The molecule has 4 rings (SSSR count). The van der Waals surface area contributed by atoms with E-state index in [1.165, 1.54) is 7.11 Å². The number of rotatable bonds is 6. The van der Waals surface area contributed by atoms with Gasteiger partial charge in [0.1, 0.15) is 23.8 Å². The van der Waals surface area contributed by atoms with E-state index in [0.717, 1.165) is 17.1 Å². The van der Waals surface area contributed by atoms with Gasteiger partial charge in [0.15, 0.2) is 6.10 Å². The lowest BCUT2D eigenvalue weighted by Crippen LogP contribution is -2.55. The summed E-state index contributed by atoms with van der Waals surface area (Å²) < 4.78 is 18.6. The first-order chi connectivity index (χ1) is 15.0. The number of piperidine rings is 1. The van der Waals surface area contributed by atoms with E-state index in [1.54, 1.807) is 18.2 Å². The summed E-state index contributed by atoms with van der Waals surface area (Å²) in [4.78, 5) is 31.4. The number of hydrogen-bond acceptors (Lipinski definition) is 6. The molecule has 0 unspecified atom stereocenters. The maximum atomic E-state index is 13.0. The van der Waals surface area contributed by atoms with Gasteiger partial charge in [0.05, 0.1) is 13.7 Å². The first kappa shape index (κ1) is 21.3. The molecule has 1 aromatic carbocycles. The number of fused-ring (bicyclic) bond motifs is 2. The summed E-state index contributed by atoms with van der Waals surface area (Å²) in [6.07, 6.45) is 4.15. The highest BCUT2D eigenvalue weighted by molar-refractivity contribution is 5.81. The highest BCUT2D eigenvalue weighted by Gasteiger charge is 2.47. The number of aromatic nitrogens is 2. The normalized spacial score (nSPS) is 19.7. The van der Waals surface area contributed by atoms with Gasteiger partial charge >= 0.3 is 0 Å². The van der Waals surface area contributed by atoms with Gasteiger partial charge in [0.25, 0.3) is 5.91 Å². The van der Waals surface area contributed by atoms with Gasteiger partial charge in [-0.05, 0) is 17.7 Å². The smallest absolute Gasteiger partial charge is 0.251 e. The molecule has 2 aliphatic heterocycles. The van der Waals surface area contributed by atoms with Crippen LogP contribution < -0.4 is 10.1 Å². The Hall–Kier alpha value is -2.91. The number of imidazole rings is 1. The van der Waals surface area contributed by atoms with Crippen molar-refractivity contribution in [2.75, 3.05) is 33.9 Å². The van der Waals surface area contributed by atoms with Crippen molar-refractivity contribution in [1.82, 2.24) is 19.8 Å². The summed E-state index contributed by atoms with van der Waals surface area (Å²) in [5.74, 6) is 1.36. The average Bonchev–Trinajstić information content (AvgIpc) is 3.28. The van der Waals surface area contributed by atoms with Crippen molar-refractivity contribution in [3.05, 3.63) is 48.0 Å². The minimum absolute atomic E-state index is 0.0379. The second kappa shape index (κ2) is 9.07. The summed E-state index contributed by atoms with van der Waals surface area (Å²) >= 11 is 0. The van der Waals surface area contributed by atoms with Crippen LogP contribution in [0.2, 0.25) is 0 Å². The second-order valence-electron chi connectivity index (χ2n) is 7.89. The maximum absolute atomic E-state index is 13.0. The lowest BCUT2D eigenvalue weighted by molar-refractivity contribution is -0.176. The third-order valence-corrected chi connectivity index (χ3v) is 5.94. The lowest BCUT2D eigenvalue weighted by Gasteiger charge is -2.45. The summed E-state index contributed by atoms with van der Waals surface area (Å²) in [6.45, 7) is 1.94. The second-order valence-corrected chi connectivity index (χ2v) is 7.89. The molecular weight excluding hydrogens is 400 g/mol. The molecule has 1 fully saturated rings. The topological polar surface area (TPSA) is 94.9 Å². The number of nitrogens with zero attached hydrogens (tertiary/aromatic N) is 3. The van der Waals surface area contributed by atoms with Gasteiger partial charge < -0.3 is 29.0 Å². The van der Waals surface area contributed by atoms with Gasteiger partial charge in [-0.3, -0.25) is 9.59 Å². The van der Waals surface area contributed by atoms with Gasteiger partial charge in [-0.25, -0.2) is 4.98 Å². The van der Waals surface area contributed by atoms with Gasteiger partial charge in [0.2, 0.25) is 5.91 Å². The Bertz CT molecular complexity index is 935. The molecule has 0 aliphatic carbocycles. The van der Waals surface area contributed by atoms with E-state index in [0.29, 0.717) is 39.0 Å². The predicted molar refractivity (Wildman–Crippen MR) is 111 cm³/mol. The van der Waals surface area contributed by atoms with Crippen molar-refractivity contribution in [1.29, 1.82) is 0 Å². The number of benzene rings is 1. The van der Waals surface area contributed by atoms with Crippen LogP contribution in [0.5, 0.6) is 5.75 Å². The Morgan fingerprint density at radius 1 is 1.29 bits per heavy atom. The molecule has 2 aromatic rings. The number of methoxy groups -OCH3 is 2. The van der Waals surface area contributed by atoms with Gasteiger partial charge in [-0.15, -0.1) is 0 Å². The molecule has 0 saturated carbocycles. The van der Waals surface area contributed by atoms with Gasteiger partial charge in [-0.2, -0.15) is 0 Å². The van der Waals surface area contributed by atoms with Crippen LogP contribution in [0.15, 0.2) is 36.7 Å². The molecule has 1 N–H and O–H groups in total. The van der Waals surface area contributed by atoms with Crippen molar-refractivity contribution in [3.63, 3.8) is 0 Å². The Morgan fingerprint density at radius 2 is 2.10 bits per heavy atom. The van der Waals surface area contributed by atoms with Gasteiger partial charge in [0, 0.05) is 52.0 Å². The molecule has 0 bridgehead atoms. The Balaban J connectivity index is 1.44. The molecule has 0 radical (unpaired) electrons. The number of nitrogens with one attached hydrogen (secondary N) is 1. The van der Waals surface area contributed by atoms with Crippen molar-refractivity contribution in [2.24, 2.45) is 0 Å². The quantitative estimate of drug-likeness (QED) is 0.740. The molecule has 9 heteroatoms. The lowest BCUT2D eigenvalue weighted by atomic mass is 9.88. The number of ether oxygens (including phenoxy) is 3. The fraction of sp³-hybridized carbons (Fsp3) is 0.500. The van der Waals surface area contributed by atoms with E-state index >= 15 is 0 Å². The molecule has 1 atom stereocenters. The molecule has 1 aromatic heterocycles. The average molecular weight is 428 g/mol. The van der Waals surface area contributed by atoms with E-state index in [9.17, 15) is 9.59 Å². The Kier molecular flexibility index (Phi) is 6.24. The van der Waals surface area contributed by atoms with E-state index in [-0.39, 0.29) is 18.4 Å². The van der Waals surface area contributed by atoms with Crippen LogP contribution in [0.1, 0.15) is 24.2 Å². The predicted octanol–water partition coefficient (Wildman–Crippen LogP) is 1.07. The fourth-order valence-corrected chi connectivity index (χ4v) is 4.29. The van der Waals surface area contributed by atoms with E-state index in [1.807, 2.05) is 35.0 Å². The van der Waals surface area contributed by atoms with Crippen LogP contribution in [0.25, 0.3) is 0 Å². The van der Waals surface area contributed by atoms with Crippen LogP contribution in [0.4, 0.5) is 0 Å². The van der Waals surface area contributed by atoms with Crippen LogP contribution >= 0.6 is 0 Å². The van der Waals surface area contributed by atoms with Crippen molar-refractivity contribution in [2.45, 2.75) is 37.6 Å². The minimum Gasteiger partial charge on any atom is -0.497 e. The monoisotopic (exact) mass is 428 g/mol. The standard InChI is InChI=1S/C22H28N4O5/c1-29-15-19(27)25-9-6-22(7-10-25)21-23-8-11-26(21)14-18(31-22)20(28)24-13-16-4-3-5-17(12-16)30-2/h3-5,8,11-12,18H,6-7,9-10,13-15H2,1-2H3,(H,24,28)/t18-/m1/s1. The zero-order valence-electron chi connectivity index (χ0n) is 17.9. The molecule has 9 nitrogen and oxygen atoms in total. The van der Waals surface area contributed by atoms with E-state index < -0.39 is 11.7 Å². The Morgan fingerprint density at radius 3 is 2.84 bits per heavy atom. The zero-order chi connectivity index (χ0) is 21.8. The molecule has 166 valence electrons. The van der Waals surface area contributed by atoms with E-state index in [4.69, 9.17) is 14.2 Å². The number of amides is 2. The molecule has 1 saturated heterocycles. The number of carbonyl (C=O) groups excluding carboxylic acids is 2. The Labute approximate surface area is 181 Å². The summed E-state index contributed by atoms with van der Waals surface area (Å²) in [6, 6.07) is 7.59. The van der Waals surface area contributed by atoms with Crippen molar-refractivity contribution < 1.29 is 23.8 Å². The number of hydrogen-bond donors (Lipinski definition) is 1. The number of likely N-dealkylation sites (tertiary alicyclic amines) is 1. The van der Waals surface area contributed by atoms with E-state index in [2.05, 4.69) is 10.3 Å². The number of carbonyl (C=O) groups is 2. The molecule has 31 heavy (non-hydrogen) atoms. The third kappa shape index (κ3) is 4.42. The third-order valence-electron chi connectivity index (χ3n) is 5.94. The van der Waals surface area contributed by atoms with Crippen LogP contribution in [-0.4, -0.2) is 66.3 Å². The highest BCUT2D eigenvalue weighted by Crippen LogP contribution is 2.40. The largest absolute Gasteiger partial charge is 0.497 e. The summed E-state index contributed by atoms with van der Waals surface area (Å²) in [7, 11) is 3.13. The molecule has 3 heterocycles. The molecule has 2 aliphatic rings. The first-order valence-corrected chi connectivity index (χ1v) is 10.4. The highest BCUT2D eigenvalue weighted by atomic mass is 16.5. The van der Waals surface area contributed by atoms with Crippen LogP contribution in [-0.2, 0) is 37.8 Å². The van der Waals surface area contributed by atoms with Crippen molar-refractivity contribution >= 4 is 11.8 Å². The molecular formula is C22H28N4O5. The van der Waals surface area contributed by atoms with Gasteiger partial charge in [-0.1, -0.05) is 12.1 Å². The first-order valence-electron chi connectivity index (χ1n) is 10.4. The minimum atomic E-state index is -0.677. The fourth-order valence-electron chi connectivity index (χ4n) is 4.29. The maximum Gasteiger partial charge on any atom is 0.251 e. The summed E-state index contributed by atoms with van der Waals surface area (Å²) in [5, 5.41) is 2.97. The van der Waals surface area contributed by atoms with Crippen molar-refractivity contribution in [3.8, 4) is 5.75 Å². The molecule has 1 spiro atoms. The van der Waals surface area contributed by atoms with Crippen LogP contribution in [0, 0.1) is 0 Å². The molecule has 2 amide bonds. The SMILES string of the molecule is COCC(=O)N1CCC2(CC1)O[C@@H](C(=O)NCc1cccc(OC)c1)Cn1ccnc12. The summed E-state index contributed by atoms with van der Waals surface area (Å²) in [5.41, 5.74) is 0.273.